The van der Waals surface area contributed by atoms with Gasteiger partial charge in [-0.15, -0.1) is 0 Å². The van der Waals surface area contributed by atoms with Gasteiger partial charge in [-0.05, 0) is 18.2 Å². The first kappa shape index (κ1) is 14.1. The van der Waals surface area contributed by atoms with Crippen LogP contribution >= 0.6 is 15.9 Å². The number of nitrogens with one attached hydrogen (secondary N) is 1. The predicted octanol–water partition coefficient (Wildman–Crippen LogP) is 2.34. The molecule has 17 heavy (non-hydrogen) atoms. The molecule has 0 aliphatic rings. The average molecular weight is 304 g/mol. The second kappa shape index (κ2) is 5.60. The van der Waals surface area contributed by atoms with Gasteiger partial charge in [0.05, 0.1) is 5.56 Å². The summed E-state index contributed by atoms with van der Waals surface area (Å²) in [6.45, 7) is 3.87. The number of aliphatic hydroxyl groups excluding tert-OH is 1. The molecule has 0 aliphatic carbocycles. The number of rotatable bonds is 4. The highest BCUT2D eigenvalue weighted by molar-refractivity contribution is 9.10. The number of aliphatic hydroxyl groups is 1. The number of benzene rings is 1. The van der Waals surface area contributed by atoms with Crippen molar-refractivity contribution in [1.29, 1.82) is 0 Å². The van der Waals surface area contributed by atoms with Gasteiger partial charge in [-0.3, -0.25) is 4.79 Å². The fraction of sp³-hybridized carbons (Fsp3) is 0.417. The predicted molar refractivity (Wildman–Crippen MR) is 67.3 cm³/mol. The lowest BCUT2D eigenvalue weighted by Gasteiger charge is -2.21. The molecule has 1 aromatic carbocycles. The molecule has 0 fully saturated rings. The minimum Gasteiger partial charge on any atom is -0.396 e. The summed E-state index contributed by atoms with van der Waals surface area (Å²) in [5.74, 6) is -1.05. The molecule has 5 heteroatoms. The molecule has 1 aromatic rings. The Morgan fingerprint density at radius 1 is 1.53 bits per heavy atom. The molecule has 0 unspecified atom stereocenters. The van der Waals surface area contributed by atoms with Crippen molar-refractivity contribution in [3.8, 4) is 0 Å². The van der Waals surface area contributed by atoms with E-state index < -0.39 is 17.1 Å². The van der Waals surface area contributed by atoms with Crippen molar-refractivity contribution < 1.29 is 14.3 Å². The van der Waals surface area contributed by atoms with Crippen LogP contribution in [0.25, 0.3) is 0 Å². The van der Waals surface area contributed by atoms with E-state index in [1.807, 2.05) is 13.8 Å². The van der Waals surface area contributed by atoms with Gasteiger partial charge in [0, 0.05) is 23.0 Å². The quantitative estimate of drug-likeness (QED) is 0.897. The third-order valence-corrected chi connectivity index (χ3v) is 2.82. The molecule has 0 atom stereocenters. The molecular formula is C12H15BrFNO2. The molecular weight excluding hydrogens is 289 g/mol. The van der Waals surface area contributed by atoms with Crippen LogP contribution in [0.15, 0.2) is 22.7 Å². The van der Waals surface area contributed by atoms with Crippen molar-refractivity contribution in [3.63, 3.8) is 0 Å². The molecule has 0 saturated heterocycles. The van der Waals surface area contributed by atoms with Gasteiger partial charge in [-0.25, -0.2) is 4.39 Å². The van der Waals surface area contributed by atoms with Crippen LogP contribution in [0.1, 0.15) is 24.2 Å². The zero-order valence-electron chi connectivity index (χ0n) is 9.76. The zero-order valence-corrected chi connectivity index (χ0v) is 11.3. The second-order valence-corrected chi connectivity index (χ2v) is 5.54. The van der Waals surface area contributed by atoms with Crippen LogP contribution in [0.5, 0.6) is 0 Å². The van der Waals surface area contributed by atoms with E-state index in [1.165, 1.54) is 12.1 Å². The maximum atomic E-state index is 13.5. The fourth-order valence-corrected chi connectivity index (χ4v) is 1.48. The van der Waals surface area contributed by atoms with Crippen LogP contribution in [0.3, 0.4) is 0 Å². The summed E-state index contributed by atoms with van der Waals surface area (Å²) in [7, 11) is 0. The fourth-order valence-electron chi connectivity index (χ4n) is 1.14. The summed E-state index contributed by atoms with van der Waals surface area (Å²) in [6.07, 6.45) is 0. The van der Waals surface area contributed by atoms with Crippen molar-refractivity contribution in [2.24, 2.45) is 5.41 Å². The molecule has 94 valence electrons. The van der Waals surface area contributed by atoms with Crippen molar-refractivity contribution in [2.45, 2.75) is 13.8 Å². The molecule has 0 spiro atoms. The van der Waals surface area contributed by atoms with Crippen LogP contribution in [0.4, 0.5) is 4.39 Å². The topological polar surface area (TPSA) is 49.3 Å². The van der Waals surface area contributed by atoms with Crippen LogP contribution in [0.2, 0.25) is 0 Å². The monoisotopic (exact) mass is 303 g/mol. The first-order chi connectivity index (χ1) is 7.85. The summed E-state index contributed by atoms with van der Waals surface area (Å²) in [5.41, 5.74) is -0.413. The van der Waals surface area contributed by atoms with Gasteiger partial charge in [0.15, 0.2) is 0 Å². The van der Waals surface area contributed by atoms with E-state index >= 15 is 0 Å². The largest absolute Gasteiger partial charge is 0.396 e. The standard InChI is InChI=1S/C12H15BrFNO2/c1-12(2,7-16)6-15-11(17)9-4-3-8(13)5-10(9)14/h3-5,16H,6-7H2,1-2H3,(H,15,17). The van der Waals surface area contributed by atoms with Crippen LogP contribution in [-0.2, 0) is 0 Å². The molecule has 1 amide bonds. The summed E-state index contributed by atoms with van der Waals surface area (Å²) < 4.78 is 14.0. The molecule has 0 saturated carbocycles. The van der Waals surface area contributed by atoms with Gasteiger partial charge < -0.3 is 10.4 Å². The number of carbonyl (C=O) groups excluding carboxylic acids is 1. The smallest absolute Gasteiger partial charge is 0.254 e. The van der Waals surface area contributed by atoms with Gasteiger partial charge in [0.2, 0.25) is 0 Å². The first-order valence-corrected chi connectivity index (χ1v) is 5.99. The lowest BCUT2D eigenvalue weighted by Crippen LogP contribution is -2.36. The molecule has 0 aliphatic heterocycles. The lowest BCUT2D eigenvalue weighted by atomic mass is 9.95. The van der Waals surface area contributed by atoms with E-state index in [0.29, 0.717) is 4.47 Å². The molecule has 0 bridgehead atoms. The SMILES string of the molecule is CC(C)(CO)CNC(=O)c1ccc(Br)cc1F. The van der Waals surface area contributed by atoms with Crippen LogP contribution < -0.4 is 5.32 Å². The summed E-state index contributed by atoms with van der Waals surface area (Å²) in [6, 6.07) is 4.27. The van der Waals surface area contributed by atoms with Gasteiger partial charge in [-0.1, -0.05) is 29.8 Å². The number of carbonyl (C=O) groups is 1. The normalized spacial score (nSPS) is 11.4. The Labute approximate surface area is 108 Å². The van der Waals surface area contributed by atoms with Gasteiger partial charge >= 0.3 is 0 Å². The zero-order chi connectivity index (χ0) is 13.1. The van der Waals surface area contributed by atoms with Crippen molar-refractivity contribution in [3.05, 3.63) is 34.1 Å². The third kappa shape index (κ3) is 4.09. The number of amides is 1. The molecule has 0 heterocycles. The molecule has 3 nitrogen and oxygen atoms in total. The number of hydrogen-bond donors (Lipinski definition) is 2. The van der Waals surface area contributed by atoms with Crippen LogP contribution in [0, 0.1) is 11.2 Å². The van der Waals surface area contributed by atoms with E-state index in [1.54, 1.807) is 6.07 Å². The average Bonchev–Trinajstić information content (AvgIpc) is 2.26. The van der Waals surface area contributed by atoms with E-state index in [9.17, 15) is 9.18 Å². The van der Waals surface area contributed by atoms with Gasteiger partial charge in [0.1, 0.15) is 5.82 Å². The number of halogens is 2. The molecule has 0 aromatic heterocycles. The summed E-state index contributed by atoms with van der Waals surface area (Å²) in [4.78, 5) is 11.7. The first-order valence-electron chi connectivity index (χ1n) is 5.20. The highest BCUT2D eigenvalue weighted by Gasteiger charge is 2.19. The van der Waals surface area contributed by atoms with Gasteiger partial charge in [-0.2, -0.15) is 0 Å². The molecule has 2 N–H and O–H groups in total. The maximum Gasteiger partial charge on any atom is 0.254 e. The Bertz CT molecular complexity index is 421. The number of hydrogen-bond acceptors (Lipinski definition) is 2. The highest BCUT2D eigenvalue weighted by Crippen LogP contribution is 2.16. The second-order valence-electron chi connectivity index (χ2n) is 4.63. The van der Waals surface area contributed by atoms with Crippen molar-refractivity contribution in [2.75, 3.05) is 13.2 Å². The van der Waals surface area contributed by atoms with Crippen molar-refractivity contribution >= 4 is 21.8 Å². The summed E-state index contributed by atoms with van der Waals surface area (Å²) >= 11 is 3.12. The third-order valence-electron chi connectivity index (χ3n) is 2.33. The minimum atomic E-state index is -0.571. The van der Waals surface area contributed by atoms with E-state index in [-0.39, 0.29) is 18.7 Å². The Balaban J connectivity index is 2.71. The van der Waals surface area contributed by atoms with Crippen LogP contribution in [-0.4, -0.2) is 24.2 Å². The highest BCUT2D eigenvalue weighted by atomic mass is 79.9. The molecule has 1 rings (SSSR count). The van der Waals surface area contributed by atoms with Gasteiger partial charge in [0.25, 0.3) is 5.91 Å². The Kier molecular flexibility index (Phi) is 4.65. The maximum absolute atomic E-state index is 13.5. The Hall–Kier alpha value is -0.940. The minimum absolute atomic E-state index is 0.00180. The summed E-state index contributed by atoms with van der Waals surface area (Å²) in [5, 5.41) is 11.6. The van der Waals surface area contributed by atoms with Crippen molar-refractivity contribution in [1.82, 2.24) is 5.32 Å². The lowest BCUT2D eigenvalue weighted by molar-refractivity contribution is 0.0907. The van der Waals surface area contributed by atoms with E-state index in [2.05, 4.69) is 21.2 Å². The van der Waals surface area contributed by atoms with E-state index in [0.717, 1.165) is 0 Å². The Morgan fingerprint density at radius 3 is 2.71 bits per heavy atom. The molecule has 0 radical (unpaired) electrons. The Morgan fingerprint density at radius 2 is 2.18 bits per heavy atom. The van der Waals surface area contributed by atoms with E-state index in [4.69, 9.17) is 5.11 Å².